The highest BCUT2D eigenvalue weighted by molar-refractivity contribution is 5.69. The van der Waals surface area contributed by atoms with Gasteiger partial charge in [-0.05, 0) is 96.6 Å². The monoisotopic (exact) mass is 950 g/mol. The molecule has 0 rings (SSSR count). The van der Waals surface area contributed by atoms with Gasteiger partial charge in [0.05, 0.1) is 19.1 Å². The minimum atomic E-state index is -0.814. The van der Waals surface area contributed by atoms with Crippen molar-refractivity contribution in [2.75, 3.05) is 52.7 Å². The van der Waals surface area contributed by atoms with Crippen LogP contribution in [0.4, 0.5) is 9.59 Å². The van der Waals surface area contributed by atoms with Crippen LogP contribution < -0.4 is 0 Å². The third-order valence-corrected chi connectivity index (χ3v) is 12.2. The first-order valence-electron chi connectivity index (χ1n) is 27.8. The predicted molar refractivity (Wildman–Crippen MR) is 274 cm³/mol. The zero-order valence-electron chi connectivity index (χ0n) is 44.0. The van der Waals surface area contributed by atoms with E-state index < -0.39 is 18.2 Å². The van der Waals surface area contributed by atoms with Gasteiger partial charge in [0.15, 0.2) is 0 Å². The summed E-state index contributed by atoms with van der Waals surface area (Å²) in [6.07, 6.45) is 42.0. The van der Waals surface area contributed by atoms with E-state index in [2.05, 4.69) is 63.8 Å². The first-order valence-corrected chi connectivity index (χ1v) is 27.8. The summed E-state index contributed by atoms with van der Waals surface area (Å²) in [6, 6.07) is 0. The lowest BCUT2D eigenvalue weighted by Gasteiger charge is -2.18. The smallest absolute Gasteiger partial charge is 0.465 e. The molecule has 0 aromatic carbocycles. The van der Waals surface area contributed by atoms with Gasteiger partial charge in [0.1, 0.15) is 25.9 Å². The molecule has 0 saturated carbocycles. The Morgan fingerprint density at radius 3 is 1.37 bits per heavy atom. The molecule has 0 heterocycles. The van der Waals surface area contributed by atoms with E-state index in [0.717, 1.165) is 103 Å². The van der Waals surface area contributed by atoms with E-state index in [1.54, 1.807) is 0 Å². The van der Waals surface area contributed by atoms with Crippen LogP contribution in [0.3, 0.4) is 0 Å². The number of allylic oxidation sites excluding steroid dienone is 4. The predicted octanol–water partition coefficient (Wildman–Crippen LogP) is 15.8. The molecule has 1 unspecified atom stereocenters. The summed E-state index contributed by atoms with van der Waals surface area (Å²) in [6.45, 7) is 13.7. The number of hydrogen-bond donors (Lipinski definition) is 0. The van der Waals surface area contributed by atoms with E-state index in [9.17, 15) is 19.2 Å². The molecule has 0 aliphatic heterocycles. The van der Waals surface area contributed by atoms with Crippen molar-refractivity contribution in [3.8, 4) is 0 Å². The lowest BCUT2D eigenvalue weighted by atomic mass is 10.0. The number of unbranched alkanes of at least 4 members (excludes halogenated alkanes) is 22. The standard InChI is InChI=1S/C56H103NO10/c1-6-11-14-17-20-21-22-23-24-25-26-27-28-29-34-39-46-62-55(60)65-49-51(50-66-56(61)63-47-40-45-57(9-4)10-5)48-64-53(58)43-37-32-33-38-44-54(59)67-52(41-35-30-18-15-12-7-2)42-36-31-19-16-13-8-3/h20-21,23-24,51-52H,6-19,22,25-50H2,1-5H3/b21-20-,24-23-. The van der Waals surface area contributed by atoms with Crippen LogP contribution in [0.25, 0.3) is 0 Å². The topological polar surface area (TPSA) is 127 Å². The van der Waals surface area contributed by atoms with Gasteiger partial charge in [-0.15, -0.1) is 0 Å². The first kappa shape index (κ1) is 63.9. The number of ether oxygens (including phenoxy) is 6. The van der Waals surface area contributed by atoms with Gasteiger partial charge in [0, 0.05) is 19.4 Å². The summed E-state index contributed by atoms with van der Waals surface area (Å²) < 4.78 is 32.7. The SMILES string of the molecule is CCCCC/C=C\C/C=C\CCCCCCCCOC(=O)OCC(COC(=O)CCCCCCC(=O)OC(CCCCCCCC)CCCCCCCC)COC(=O)OCCCN(CC)CC. The van der Waals surface area contributed by atoms with E-state index >= 15 is 0 Å². The molecule has 0 aliphatic rings. The molecule has 0 amide bonds. The van der Waals surface area contributed by atoms with Crippen molar-refractivity contribution in [3.05, 3.63) is 24.3 Å². The lowest BCUT2D eigenvalue weighted by Crippen LogP contribution is -2.27. The maximum absolute atomic E-state index is 12.8. The Kier molecular flexibility index (Phi) is 48.5. The van der Waals surface area contributed by atoms with Crippen LogP contribution in [0.15, 0.2) is 24.3 Å². The van der Waals surface area contributed by atoms with E-state index in [4.69, 9.17) is 28.4 Å². The average Bonchev–Trinajstić information content (AvgIpc) is 3.32. The Hall–Kier alpha value is -3.08. The van der Waals surface area contributed by atoms with Crippen molar-refractivity contribution in [2.24, 2.45) is 5.92 Å². The molecule has 0 aromatic heterocycles. The number of nitrogens with zero attached hydrogens (tertiary/aromatic N) is 1. The second-order valence-electron chi connectivity index (χ2n) is 18.5. The quantitative estimate of drug-likeness (QED) is 0.0250. The molecule has 0 spiro atoms. The normalized spacial score (nSPS) is 12.0. The molecule has 0 N–H and O–H groups in total. The average molecular weight is 950 g/mol. The largest absolute Gasteiger partial charge is 0.508 e. The summed E-state index contributed by atoms with van der Waals surface area (Å²) >= 11 is 0. The number of carbonyl (C=O) groups excluding carboxylic acids is 4. The molecule has 0 fully saturated rings. The summed E-state index contributed by atoms with van der Waals surface area (Å²) in [5.41, 5.74) is 0. The van der Waals surface area contributed by atoms with Crippen LogP contribution in [-0.2, 0) is 38.0 Å². The third kappa shape index (κ3) is 46.4. The highest BCUT2D eigenvalue weighted by Crippen LogP contribution is 2.19. The molecule has 0 saturated heterocycles. The minimum Gasteiger partial charge on any atom is -0.465 e. The highest BCUT2D eigenvalue weighted by atomic mass is 16.7. The fraction of sp³-hybridized carbons (Fsp3) is 0.857. The van der Waals surface area contributed by atoms with E-state index in [-0.39, 0.29) is 57.5 Å². The molecule has 0 aromatic rings. The molecule has 67 heavy (non-hydrogen) atoms. The number of rotatable bonds is 49. The Labute approximate surface area is 411 Å². The Morgan fingerprint density at radius 1 is 0.418 bits per heavy atom. The molecule has 392 valence electrons. The lowest BCUT2D eigenvalue weighted by molar-refractivity contribution is -0.150. The molecule has 11 nitrogen and oxygen atoms in total. The maximum Gasteiger partial charge on any atom is 0.508 e. The second kappa shape index (κ2) is 50.8. The van der Waals surface area contributed by atoms with Crippen molar-refractivity contribution in [1.82, 2.24) is 4.90 Å². The van der Waals surface area contributed by atoms with Gasteiger partial charge in [0.2, 0.25) is 0 Å². The fourth-order valence-corrected chi connectivity index (χ4v) is 7.82. The van der Waals surface area contributed by atoms with Gasteiger partial charge in [-0.2, -0.15) is 0 Å². The van der Waals surface area contributed by atoms with Gasteiger partial charge >= 0.3 is 24.2 Å². The van der Waals surface area contributed by atoms with Gasteiger partial charge < -0.3 is 33.3 Å². The first-order chi connectivity index (χ1) is 32.8. The van der Waals surface area contributed by atoms with E-state index in [0.29, 0.717) is 19.3 Å². The van der Waals surface area contributed by atoms with Crippen molar-refractivity contribution in [2.45, 2.75) is 253 Å². The van der Waals surface area contributed by atoms with Crippen LogP contribution in [0.5, 0.6) is 0 Å². The van der Waals surface area contributed by atoms with Crippen molar-refractivity contribution in [1.29, 1.82) is 0 Å². The van der Waals surface area contributed by atoms with Crippen LogP contribution >= 0.6 is 0 Å². The Morgan fingerprint density at radius 2 is 0.836 bits per heavy atom. The number of hydrogen-bond acceptors (Lipinski definition) is 11. The van der Waals surface area contributed by atoms with Crippen molar-refractivity contribution >= 4 is 24.2 Å². The zero-order valence-corrected chi connectivity index (χ0v) is 44.0. The van der Waals surface area contributed by atoms with Crippen LogP contribution in [-0.4, -0.2) is 87.9 Å². The van der Waals surface area contributed by atoms with Gasteiger partial charge in [-0.3, -0.25) is 9.59 Å². The summed E-state index contributed by atoms with van der Waals surface area (Å²) in [4.78, 5) is 52.5. The van der Waals surface area contributed by atoms with Gasteiger partial charge in [0.25, 0.3) is 0 Å². The van der Waals surface area contributed by atoms with Crippen molar-refractivity contribution < 1.29 is 47.6 Å². The summed E-state index contributed by atoms with van der Waals surface area (Å²) in [5, 5.41) is 0. The summed E-state index contributed by atoms with van der Waals surface area (Å²) in [7, 11) is 0. The molecule has 0 radical (unpaired) electrons. The molecular weight excluding hydrogens is 847 g/mol. The fourth-order valence-electron chi connectivity index (χ4n) is 7.82. The molecule has 0 aliphatic carbocycles. The number of esters is 2. The van der Waals surface area contributed by atoms with Gasteiger partial charge in [-0.25, -0.2) is 9.59 Å². The van der Waals surface area contributed by atoms with Crippen LogP contribution in [0.2, 0.25) is 0 Å². The Balaban J connectivity index is 4.60. The van der Waals surface area contributed by atoms with Crippen LogP contribution in [0, 0.1) is 5.92 Å². The molecule has 11 heteroatoms. The minimum absolute atomic E-state index is 0.0175. The molecular formula is C56H103NO10. The number of carbonyl (C=O) groups is 4. The zero-order chi connectivity index (χ0) is 49.1. The highest BCUT2D eigenvalue weighted by Gasteiger charge is 2.19. The second-order valence-corrected chi connectivity index (χ2v) is 18.5. The van der Waals surface area contributed by atoms with E-state index in [1.807, 2.05) is 0 Å². The third-order valence-electron chi connectivity index (χ3n) is 12.2. The Bertz CT molecular complexity index is 1170. The molecule has 1 atom stereocenters. The maximum atomic E-state index is 12.8. The summed E-state index contributed by atoms with van der Waals surface area (Å²) in [5.74, 6) is -1.07. The molecule has 0 bridgehead atoms. The van der Waals surface area contributed by atoms with Crippen LogP contribution in [0.1, 0.15) is 247 Å². The van der Waals surface area contributed by atoms with Crippen molar-refractivity contribution in [3.63, 3.8) is 0 Å². The van der Waals surface area contributed by atoms with Gasteiger partial charge in [-0.1, -0.05) is 174 Å². The van der Waals surface area contributed by atoms with E-state index in [1.165, 1.54) is 103 Å².